The molecule has 0 aromatic heterocycles. The Balaban J connectivity index is 0.00000392. The molecule has 2 rings (SSSR count). The molecule has 0 radical (unpaired) electrons. The van der Waals surface area contributed by atoms with Gasteiger partial charge in [-0.15, -0.1) is 24.2 Å². The summed E-state index contributed by atoms with van der Waals surface area (Å²) in [7, 11) is 1.91. The minimum absolute atomic E-state index is 0. The van der Waals surface area contributed by atoms with Crippen LogP contribution in [0.2, 0.25) is 0 Å². The number of hydrogen-bond acceptors (Lipinski definition) is 8. The Morgan fingerprint density at radius 3 is 2.46 bits per heavy atom. The molecule has 2 aliphatic rings. The van der Waals surface area contributed by atoms with E-state index in [1.165, 1.54) is 18.7 Å². The van der Waals surface area contributed by atoms with Crippen molar-refractivity contribution >= 4 is 30.1 Å². The molecular formula is C18H35ClN2O6S. The lowest BCUT2D eigenvalue weighted by atomic mass is 9.92. The highest BCUT2D eigenvalue weighted by Crippen LogP contribution is 2.30. The molecule has 0 aromatic carbocycles. The molecule has 0 aromatic rings. The lowest BCUT2D eigenvalue weighted by Gasteiger charge is -2.44. The van der Waals surface area contributed by atoms with E-state index in [2.05, 4.69) is 12.2 Å². The summed E-state index contributed by atoms with van der Waals surface area (Å²) in [6.07, 6.45) is -1.50. The largest absolute Gasteiger partial charge is 0.391 e. The summed E-state index contributed by atoms with van der Waals surface area (Å²) >= 11 is 1.20. The van der Waals surface area contributed by atoms with Gasteiger partial charge in [-0.25, -0.2) is 0 Å². The molecule has 9 atom stereocenters. The van der Waals surface area contributed by atoms with Gasteiger partial charge >= 0.3 is 0 Å². The quantitative estimate of drug-likeness (QED) is 0.360. The Labute approximate surface area is 177 Å². The number of halogens is 1. The maximum absolute atomic E-state index is 12.8. The van der Waals surface area contributed by atoms with Gasteiger partial charge in [0.15, 0.2) is 0 Å². The van der Waals surface area contributed by atoms with Crippen LogP contribution in [-0.4, -0.2) is 99.1 Å². The number of aliphatic hydroxyl groups is 4. The van der Waals surface area contributed by atoms with Crippen molar-refractivity contribution in [3.63, 3.8) is 0 Å². The maximum Gasteiger partial charge on any atom is 0.237 e. The van der Waals surface area contributed by atoms with Crippen molar-refractivity contribution in [3.8, 4) is 0 Å². The minimum atomic E-state index is -1.42. The fourth-order valence-corrected chi connectivity index (χ4v) is 4.81. The molecule has 1 amide bonds. The number of nitrogens with zero attached hydrogens (tertiary/aromatic N) is 1. The van der Waals surface area contributed by atoms with E-state index in [1.54, 1.807) is 6.26 Å². The Hall–Kier alpha value is -0.130. The van der Waals surface area contributed by atoms with Crippen LogP contribution in [0.1, 0.15) is 33.1 Å². The van der Waals surface area contributed by atoms with E-state index < -0.39 is 42.0 Å². The number of thioether (sulfide) groups is 1. The van der Waals surface area contributed by atoms with Crippen LogP contribution in [-0.2, 0) is 9.53 Å². The second-order valence-electron chi connectivity index (χ2n) is 7.80. The molecule has 0 saturated carbocycles. The summed E-state index contributed by atoms with van der Waals surface area (Å²) in [5.41, 5.74) is -0.755. The van der Waals surface area contributed by atoms with Crippen LogP contribution in [0.4, 0.5) is 0 Å². The number of hydrogen-bond donors (Lipinski definition) is 5. The molecule has 8 nitrogen and oxygen atoms in total. The number of likely N-dealkylation sites (tertiary alicyclic amines) is 1. The number of amides is 1. The molecule has 10 heteroatoms. The van der Waals surface area contributed by atoms with Gasteiger partial charge in [0.05, 0.1) is 18.2 Å². The highest BCUT2D eigenvalue weighted by molar-refractivity contribution is 7.99. The van der Waals surface area contributed by atoms with Gasteiger partial charge in [-0.05, 0) is 39.0 Å². The fourth-order valence-electron chi connectivity index (χ4n) is 4.13. The lowest BCUT2D eigenvalue weighted by Crippen LogP contribution is -2.65. The summed E-state index contributed by atoms with van der Waals surface area (Å²) in [6.45, 7) is 4.48. The molecule has 166 valence electrons. The Morgan fingerprint density at radius 1 is 1.29 bits per heavy atom. The number of aliphatic hydroxyl groups excluding tert-OH is 4. The second kappa shape index (κ2) is 11.3. The number of carbonyl (C=O) groups excluding carboxylic acids is 1. The van der Waals surface area contributed by atoms with Crippen LogP contribution in [0.3, 0.4) is 0 Å². The van der Waals surface area contributed by atoms with Crippen LogP contribution in [0.15, 0.2) is 0 Å². The van der Waals surface area contributed by atoms with Crippen LogP contribution in [0, 0.1) is 5.92 Å². The minimum Gasteiger partial charge on any atom is -0.391 e. The number of likely N-dealkylation sites (N-methyl/N-ethyl adjacent to an activating group) is 1. The van der Waals surface area contributed by atoms with Crippen LogP contribution in [0.25, 0.3) is 0 Å². The van der Waals surface area contributed by atoms with Crippen molar-refractivity contribution < 1.29 is 30.0 Å². The maximum atomic E-state index is 12.8. The number of ether oxygens (including phenoxy) is 1. The molecule has 5 N–H and O–H groups in total. The Morgan fingerprint density at radius 2 is 1.93 bits per heavy atom. The summed E-state index contributed by atoms with van der Waals surface area (Å²) in [5.74, 6) is 0.245. The molecule has 2 heterocycles. The first-order chi connectivity index (χ1) is 12.7. The molecule has 2 fully saturated rings. The van der Waals surface area contributed by atoms with Crippen molar-refractivity contribution in [2.24, 2.45) is 5.92 Å². The predicted molar refractivity (Wildman–Crippen MR) is 110 cm³/mol. The highest BCUT2D eigenvalue weighted by atomic mass is 35.5. The molecule has 0 unspecified atom stereocenters. The van der Waals surface area contributed by atoms with Crippen molar-refractivity contribution in [2.45, 2.75) is 81.1 Å². The molecule has 2 aliphatic heterocycles. The van der Waals surface area contributed by atoms with Crippen molar-refractivity contribution in [2.75, 3.05) is 19.8 Å². The summed E-state index contributed by atoms with van der Waals surface area (Å²) in [4.78, 5) is 14.9. The van der Waals surface area contributed by atoms with Crippen molar-refractivity contribution in [3.05, 3.63) is 0 Å². The summed E-state index contributed by atoms with van der Waals surface area (Å²) < 4.78 is 5.72. The van der Waals surface area contributed by atoms with Crippen LogP contribution in [0.5, 0.6) is 0 Å². The van der Waals surface area contributed by atoms with Gasteiger partial charge in [-0.1, -0.05) is 13.3 Å². The zero-order valence-corrected chi connectivity index (χ0v) is 18.5. The van der Waals surface area contributed by atoms with Crippen LogP contribution >= 0.6 is 24.2 Å². The van der Waals surface area contributed by atoms with Gasteiger partial charge in [0.2, 0.25) is 5.91 Å². The van der Waals surface area contributed by atoms with Gasteiger partial charge in [0.25, 0.3) is 0 Å². The molecular weight excluding hydrogens is 408 g/mol. The highest BCUT2D eigenvalue weighted by Gasteiger charge is 2.48. The van der Waals surface area contributed by atoms with E-state index in [0.29, 0.717) is 5.92 Å². The average Bonchev–Trinajstić information content (AvgIpc) is 2.99. The zero-order chi connectivity index (χ0) is 20.3. The third kappa shape index (κ3) is 5.72. The first-order valence-electron chi connectivity index (χ1n) is 9.62. The van der Waals surface area contributed by atoms with Gasteiger partial charge in [0, 0.05) is 6.54 Å². The second-order valence-corrected chi connectivity index (χ2v) is 8.73. The third-order valence-electron chi connectivity index (χ3n) is 5.66. The first-order valence-corrected chi connectivity index (χ1v) is 10.9. The van der Waals surface area contributed by atoms with Gasteiger partial charge in [-0.3, -0.25) is 9.69 Å². The molecule has 28 heavy (non-hydrogen) atoms. The smallest absolute Gasteiger partial charge is 0.237 e. The lowest BCUT2D eigenvalue weighted by molar-refractivity contribution is -0.211. The summed E-state index contributed by atoms with van der Waals surface area (Å²) in [6, 6.07) is -1.20. The molecule has 0 bridgehead atoms. The average molecular weight is 443 g/mol. The normalized spacial score (nSPS) is 38.5. The molecule has 0 spiro atoms. The number of rotatable bonds is 7. The first kappa shape index (κ1) is 25.9. The topological polar surface area (TPSA) is 122 Å². The fraction of sp³-hybridized carbons (Fsp3) is 0.944. The van der Waals surface area contributed by atoms with E-state index in [-0.39, 0.29) is 24.4 Å². The number of nitrogens with one attached hydrogen (secondary N) is 1. The monoisotopic (exact) mass is 442 g/mol. The van der Waals surface area contributed by atoms with Crippen LogP contribution < -0.4 is 5.32 Å². The van der Waals surface area contributed by atoms with Gasteiger partial charge in [-0.2, -0.15) is 0 Å². The predicted octanol–water partition coefficient (Wildman–Crippen LogP) is -0.435. The van der Waals surface area contributed by atoms with Gasteiger partial charge < -0.3 is 30.5 Å². The van der Waals surface area contributed by atoms with E-state index >= 15 is 0 Å². The zero-order valence-electron chi connectivity index (χ0n) is 16.9. The third-order valence-corrected chi connectivity index (χ3v) is 6.51. The standard InChI is InChI=1S/C18H34N2O6S.ClH/c1-5-6-10-7-11(20(3)8-10)17(25)19-12(9(2)21)16-14(23)13(22)15(24)18(26-16)27-4;/h9-16,18,21-24H,5-8H2,1-4H3,(H,19,25);1H/t9-,10+,11-,12+,13-,14+,15+,16+,18+;/m0./s1. The van der Waals surface area contributed by atoms with E-state index in [9.17, 15) is 25.2 Å². The molecule has 2 saturated heterocycles. The Bertz CT molecular complexity index is 501. The van der Waals surface area contributed by atoms with E-state index in [4.69, 9.17) is 4.74 Å². The summed E-state index contributed by atoms with van der Waals surface area (Å²) in [5, 5.41) is 43.5. The van der Waals surface area contributed by atoms with Gasteiger partial charge in [0.1, 0.15) is 29.9 Å². The number of carbonyl (C=O) groups is 1. The van der Waals surface area contributed by atoms with Crippen molar-refractivity contribution in [1.29, 1.82) is 0 Å². The van der Waals surface area contributed by atoms with E-state index in [1.807, 2.05) is 11.9 Å². The SMILES string of the molecule is CCC[C@@H]1C[C@@H](C(=O)N[C@@H]([C@H]2O[C@H](SC)[C@H](O)[C@@H](O)[C@H]2O)[C@H](C)O)N(C)C1.Cl. The Kier molecular flexibility index (Phi) is 10.5. The van der Waals surface area contributed by atoms with E-state index in [0.717, 1.165) is 25.8 Å². The molecule has 0 aliphatic carbocycles. The van der Waals surface area contributed by atoms with Crippen molar-refractivity contribution in [1.82, 2.24) is 10.2 Å².